The molecule has 11 heteroatoms. The Morgan fingerprint density at radius 3 is 2.43 bits per heavy atom. The molecule has 2 aromatic rings. The van der Waals surface area contributed by atoms with Crippen LogP contribution < -0.4 is 9.80 Å². The minimum Gasteiger partial charge on any atom is -0.442 e. The molecule has 5 rings (SSSR count). The van der Waals surface area contributed by atoms with Crippen molar-refractivity contribution in [2.45, 2.75) is 18.7 Å². The number of aromatic nitrogens is 3. The third-order valence-corrected chi connectivity index (χ3v) is 5.82. The number of rotatable bonds is 5. The summed E-state index contributed by atoms with van der Waals surface area (Å²) in [5.41, 5.74) is 0.0973. The van der Waals surface area contributed by atoms with E-state index in [0.717, 1.165) is 26.3 Å². The first-order chi connectivity index (χ1) is 14.6. The number of carbonyl (C=O) groups is 1. The molecule has 9 nitrogen and oxygen atoms in total. The molecular weight excluding hydrogens is 398 g/mol. The van der Waals surface area contributed by atoms with Gasteiger partial charge in [-0.1, -0.05) is 5.21 Å². The number of benzene rings is 1. The van der Waals surface area contributed by atoms with E-state index in [1.54, 1.807) is 15.8 Å². The first-order valence-corrected chi connectivity index (χ1v) is 9.96. The minimum absolute atomic E-state index is 0.0463. The molecule has 4 heterocycles. The highest BCUT2D eigenvalue weighted by Crippen LogP contribution is 2.32. The molecule has 30 heavy (non-hydrogen) atoms. The summed E-state index contributed by atoms with van der Waals surface area (Å²) in [4.78, 5) is 17.5. The van der Waals surface area contributed by atoms with Gasteiger partial charge in [-0.25, -0.2) is 18.3 Å². The Hall–Kier alpha value is -2.79. The summed E-state index contributed by atoms with van der Waals surface area (Å²) in [5.74, 6) is -1.36. The summed E-state index contributed by atoms with van der Waals surface area (Å²) in [6.45, 7) is 4.49. The predicted molar refractivity (Wildman–Crippen MR) is 102 cm³/mol. The van der Waals surface area contributed by atoms with Crippen molar-refractivity contribution in [1.82, 2.24) is 19.9 Å². The first kappa shape index (κ1) is 19.2. The first-order valence-electron chi connectivity index (χ1n) is 9.96. The monoisotopic (exact) mass is 420 g/mol. The fraction of sp³-hybridized carbons (Fsp3) is 0.526. The molecule has 1 amide bonds. The van der Waals surface area contributed by atoms with E-state index in [2.05, 4.69) is 15.2 Å². The van der Waals surface area contributed by atoms with Crippen LogP contribution in [0.5, 0.6) is 0 Å². The summed E-state index contributed by atoms with van der Waals surface area (Å²) in [5, 5.41) is 7.55. The maximum Gasteiger partial charge on any atom is 0.414 e. The number of halogens is 2. The largest absolute Gasteiger partial charge is 0.442 e. The molecular formula is C19H22F2N6O3. The number of hydrogen-bond donors (Lipinski definition) is 0. The highest BCUT2D eigenvalue weighted by molar-refractivity contribution is 5.90. The molecule has 0 radical (unpaired) electrons. The molecule has 1 aromatic heterocycles. The number of cyclic esters (lactones) is 1. The number of amides is 1. The molecule has 1 atom stereocenters. The summed E-state index contributed by atoms with van der Waals surface area (Å²) in [7, 11) is 0. The lowest BCUT2D eigenvalue weighted by Gasteiger charge is -2.43. The van der Waals surface area contributed by atoms with Gasteiger partial charge in [-0.3, -0.25) is 9.80 Å². The van der Waals surface area contributed by atoms with E-state index in [0.29, 0.717) is 25.7 Å². The number of anilines is 2. The Morgan fingerprint density at radius 2 is 1.83 bits per heavy atom. The van der Waals surface area contributed by atoms with Crippen LogP contribution in [0.4, 0.5) is 25.0 Å². The van der Waals surface area contributed by atoms with Crippen molar-refractivity contribution in [3.8, 4) is 0 Å². The van der Waals surface area contributed by atoms with Crippen LogP contribution in [-0.4, -0.2) is 84.1 Å². The van der Waals surface area contributed by atoms with Gasteiger partial charge in [-0.15, -0.1) is 5.10 Å². The predicted octanol–water partition coefficient (Wildman–Crippen LogP) is 1.10. The standard InChI is InChI=1S/C19H22F2N6O3/c20-16-7-13(27-10-15(30-19(27)28)9-26-2-1-22-23-26)8-17(21)18(16)25-5-3-24(4-6-25)14-11-29-12-14/h1-2,7-8,14-15H,3-6,9-12H2. The molecule has 160 valence electrons. The average Bonchev–Trinajstić information content (AvgIpc) is 3.31. The van der Waals surface area contributed by atoms with E-state index in [1.807, 2.05) is 0 Å². The number of piperazine rings is 1. The third-order valence-electron chi connectivity index (χ3n) is 5.82. The van der Waals surface area contributed by atoms with Crippen molar-refractivity contribution in [2.75, 3.05) is 55.7 Å². The summed E-state index contributed by atoms with van der Waals surface area (Å²) in [6, 6.07) is 2.81. The second-order valence-electron chi connectivity index (χ2n) is 7.71. The normalized spacial score (nSPS) is 23.0. The van der Waals surface area contributed by atoms with Gasteiger partial charge in [0.15, 0.2) is 11.6 Å². The zero-order chi connectivity index (χ0) is 20.7. The quantitative estimate of drug-likeness (QED) is 0.717. The molecule has 0 aliphatic carbocycles. The van der Waals surface area contributed by atoms with Crippen LogP contribution in [0.1, 0.15) is 0 Å². The number of hydrogen-bond acceptors (Lipinski definition) is 7. The Bertz CT molecular complexity index is 892. The van der Waals surface area contributed by atoms with Gasteiger partial charge >= 0.3 is 6.09 Å². The Labute approximate surface area is 171 Å². The number of ether oxygens (including phenoxy) is 2. The summed E-state index contributed by atoms with van der Waals surface area (Å²) >= 11 is 0. The van der Waals surface area contributed by atoms with Crippen molar-refractivity contribution in [3.05, 3.63) is 36.2 Å². The smallest absolute Gasteiger partial charge is 0.414 e. The second kappa shape index (κ2) is 7.80. The van der Waals surface area contributed by atoms with Gasteiger partial charge < -0.3 is 14.4 Å². The van der Waals surface area contributed by atoms with Crippen molar-refractivity contribution < 1.29 is 23.0 Å². The fourth-order valence-electron chi connectivity index (χ4n) is 4.12. The molecule has 1 aromatic carbocycles. The van der Waals surface area contributed by atoms with E-state index < -0.39 is 23.8 Å². The van der Waals surface area contributed by atoms with Crippen molar-refractivity contribution in [3.63, 3.8) is 0 Å². The van der Waals surface area contributed by atoms with Gasteiger partial charge in [0.05, 0.1) is 44.2 Å². The zero-order valence-electron chi connectivity index (χ0n) is 16.3. The lowest BCUT2D eigenvalue weighted by Crippen LogP contribution is -2.56. The molecule has 3 fully saturated rings. The third kappa shape index (κ3) is 3.58. The SMILES string of the molecule is O=C1OC(Cn2ccnn2)CN1c1cc(F)c(N2CCN(C3COC3)CC2)c(F)c1. The average molecular weight is 420 g/mol. The van der Waals surface area contributed by atoms with Gasteiger partial charge in [0.25, 0.3) is 0 Å². The zero-order valence-corrected chi connectivity index (χ0v) is 16.3. The second-order valence-corrected chi connectivity index (χ2v) is 7.71. The van der Waals surface area contributed by atoms with E-state index in [-0.39, 0.29) is 17.9 Å². The van der Waals surface area contributed by atoms with Crippen LogP contribution in [-0.2, 0) is 16.0 Å². The molecule has 0 spiro atoms. The van der Waals surface area contributed by atoms with E-state index in [4.69, 9.17) is 9.47 Å². The van der Waals surface area contributed by atoms with Crippen LogP contribution in [0.3, 0.4) is 0 Å². The van der Waals surface area contributed by atoms with Crippen molar-refractivity contribution in [2.24, 2.45) is 0 Å². The van der Waals surface area contributed by atoms with Crippen LogP contribution in [0.15, 0.2) is 24.5 Å². The van der Waals surface area contributed by atoms with Gasteiger partial charge in [0, 0.05) is 44.5 Å². The minimum atomic E-state index is -0.682. The van der Waals surface area contributed by atoms with Gasteiger partial charge in [0.2, 0.25) is 0 Å². The number of nitrogens with zero attached hydrogens (tertiary/aromatic N) is 6. The van der Waals surface area contributed by atoms with E-state index in [9.17, 15) is 13.6 Å². The highest BCUT2D eigenvalue weighted by Gasteiger charge is 2.35. The van der Waals surface area contributed by atoms with Crippen LogP contribution in [0, 0.1) is 11.6 Å². The maximum atomic E-state index is 14.9. The lowest BCUT2D eigenvalue weighted by molar-refractivity contribution is -0.0661. The molecule has 0 N–H and O–H groups in total. The molecule has 0 bridgehead atoms. The number of carbonyl (C=O) groups excluding carboxylic acids is 1. The Balaban J connectivity index is 1.28. The summed E-state index contributed by atoms with van der Waals surface area (Å²) < 4.78 is 41.9. The van der Waals surface area contributed by atoms with Gasteiger partial charge in [-0.2, -0.15) is 0 Å². The van der Waals surface area contributed by atoms with Crippen molar-refractivity contribution in [1.29, 1.82) is 0 Å². The maximum absolute atomic E-state index is 14.9. The fourth-order valence-corrected chi connectivity index (χ4v) is 4.12. The Morgan fingerprint density at radius 1 is 1.10 bits per heavy atom. The van der Waals surface area contributed by atoms with Crippen molar-refractivity contribution >= 4 is 17.5 Å². The van der Waals surface area contributed by atoms with E-state index in [1.165, 1.54) is 23.2 Å². The molecule has 0 saturated carbocycles. The van der Waals surface area contributed by atoms with Crippen LogP contribution >= 0.6 is 0 Å². The van der Waals surface area contributed by atoms with Gasteiger partial charge in [-0.05, 0) is 0 Å². The topological polar surface area (TPSA) is 76.0 Å². The molecule has 3 saturated heterocycles. The summed E-state index contributed by atoms with van der Waals surface area (Å²) in [6.07, 6.45) is 2.07. The van der Waals surface area contributed by atoms with E-state index >= 15 is 0 Å². The van der Waals surface area contributed by atoms with Crippen LogP contribution in [0.25, 0.3) is 0 Å². The Kier molecular flexibility index (Phi) is 4.99. The van der Waals surface area contributed by atoms with Gasteiger partial charge in [0.1, 0.15) is 11.8 Å². The lowest BCUT2D eigenvalue weighted by atomic mass is 10.1. The molecule has 3 aliphatic heterocycles. The highest BCUT2D eigenvalue weighted by atomic mass is 19.1. The molecule has 1 unspecified atom stereocenters. The molecule has 3 aliphatic rings. The van der Waals surface area contributed by atoms with Crippen LogP contribution in [0.2, 0.25) is 0 Å².